The van der Waals surface area contributed by atoms with E-state index in [0.29, 0.717) is 17.9 Å². The molecular weight excluding hydrogens is 350 g/mol. The highest BCUT2D eigenvalue weighted by Gasteiger charge is 2.44. The number of nitrogens with zero attached hydrogens (tertiary/aromatic N) is 3. The van der Waals surface area contributed by atoms with Crippen LogP contribution in [0.5, 0.6) is 0 Å². The van der Waals surface area contributed by atoms with Gasteiger partial charge in [-0.15, -0.1) is 0 Å². The molecular formula is C23H29N3O2. The predicted octanol–water partition coefficient (Wildman–Crippen LogP) is 3.45. The van der Waals surface area contributed by atoms with Crippen molar-refractivity contribution < 1.29 is 9.59 Å². The number of hydrogen-bond donors (Lipinski definition) is 0. The first-order valence-corrected chi connectivity index (χ1v) is 10.6. The van der Waals surface area contributed by atoms with Crippen molar-refractivity contribution >= 4 is 11.8 Å². The number of nitriles is 1. The summed E-state index contributed by atoms with van der Waals surface area (Å²) in [5.41, 5.74) is 2.04. The molecule has 148 valence electrons. The number of piperidine rings is 1. The monoisotopic (exact) mass is 379 g/mol. The highest BCUT2D eigenvalue weighted by atomic mass is 16.2. The Hall–Kier alpha value is -2.35. The molecule has 1 aromatic rings. The summed E-state index contributed by atoms with van der Waals surface area (Å²) in [4.78, 5) is 29.0. The minimum absolute atomic E-state index is 0.0884. The van der Waals surface area contributed by atoms with E-state index in [9.17, 15) is 9.59 Å². The van der Waals surface area contributed by atoms with Gasteiger partial charge in [-0.05, 0) is 54.7 Å². The molecule has 2 saturated heterocycles. The van der Waals surface area contributed by atoms with E-state index in [-0.39, 0.29) is 23.8 Å². The van der Waals surface area contributed by atoms with Gasteiger partial charge in [0.2, 0.25) is 11.8 Å². The molecule has 0 N–H and O–H groups in total. The summed E-state index contributed by atoms with van der Waals surface area (Å²) >= 11 is 0. The molecule has 3 aliphatic rings. The molecule has 0 unspecified atom stereocenters. The van der Waals surface area contributed by atoms with Crippen molar-refractivity contribution in [2.75, 3.05) is 26.2 Å². The number of carbonyl (C=O) groups excluding carboxylic acids is 2. The van der Waals surface area contributed by atoms with Crippen LogP contribution < -0.4 is 0 Å². The van der Waals surface area contributed by atoms with Crippen LogP contribution in [0.4, 0.5) is 0 Å². The van der Waals surface area contributed by atoms with Gasteiger partial charge in [0.25, 0.3) is 0 Å². The van der Waals surface area contributed by atoms with E-state index in [2.05, 4.69) is 12.1 Å². The van der Waals surface area contributed by atoms with E-state index in [1.165, 1.54) is 24.8 Å². The van der Waals surface area contributed by atoms with Crippen molar-refractivity contribution in [2.45, 2.75) is 57.3 Å². The second kappa shape index (κ2) is 7.95. The van der Waals surface area contributed by atoms with E-state index < -0.39 is 0 Å². The van der Waals surface area contributed by atoms with Gasteiger partial charge in [0.15, 0.2) is 0 Å². The zero-order chi connectivity index (χ0) is 19.6. The zero-order valence-corrected chi connectivity index (χ0v) is 16.5. The second-order valence-corrected chi connectivity index (χ2v) is 8.88. The van der Waals surface area contributed by atoms with Crippen LogP contribution in [0.3, 0.4) is 0 Å². The average molecular weight is 380 g/mol. The van der Waals surface area contributed by atoms with Crippen LogP contribution in [-0.4, -0.2) is 47.8 Å². The highest BCUT2D eigenvalue weighted by Crippen LogP contribution is 2.44. The lowest BCUT2D eigenvalue weighted by atomic mass is 9.73. The van der Waals surface area contributed by atoms with Crippen molar-refractivity contribution in [1.82, 2.24) is 9.80 Å². The normalized spacial score (nSPS) is 22.5. The quantitative estimate of drug-likeness (QED) is 0.808. The number of likely N-dealkylation sites (tertiary alicyclic amines) is 2. The summed E-state index contributed by atoms with van der Waals surface area (Å²) in [6.07, 6.45) is 8.45. The molecule has 1 aromatic carbocycles. The summed E-state index contributed by atoms with van der Waals surface area (Å²) in [5.74, 6) is 0.653. The van der Waals surface area contributed by atoms with Crippen LogP contribution in [0.1, 0.15) is 68.4 Å². The number of rotatable bonds is 3. The SMILES string of the molecule is N#Cc1cccc(C2CCN(C(=O)CN3CC4(CCCCC4)CC3=O)CC2)c1. The van der Waals surface area contributed by atoms with E-state index in [4.69, 9.17) is 5.26 Å². The maximum atomic E-state index is 12.8. The number of benzene rings is 1. The fraction of sp³-hybridized carbons (Fsp3) is 0.609. The lowest BCUT2D eigenvalue weighted by Crippen LogP contribution is -2.44. The maximum Gasteiger partial charge on any atom is 0.242 e. The van der Waals surface area contributed by atoms with Crippen LogP contribution in [0.25, 0.3) is 0 Å². The third-order valence-electron chi connectivity index (χ3n) is 6.98. The fourth-order valence-corrected chi connectivity index (χ4v) is 5.35. The van der Waals surface area contributed by atoms with Gasteiger partial charge in [0.1, 0.15) is 0 Å². The van der Waals surface area contributed by atoms with Crippen molar-refractivity contribution in [3.05, 3.63) is 35.4 Å². The van der Waals surface area contributed by atoms with Crippen LogP contribution >= 0.6 is 0 Å². The first kappa shape index (κ1) is 19.0. The molecule has 2 amide bonds. The van der Waals surface area contributed by atoms with Gasteiger partial charge >= 0.3 is 0 Å². The van der Waals surface area contributed by atoms with Gasteiger partial charge in [-0.2, -0.15) is 5.26 Å². The maximum absolute atomic E-state index is 12.8. The minimum atomic E-state index is 0.0884. The molecule has 3 fully saturated rings. The summed E-state index contributed by atoms with van der Waals surface area (Å²) in [7, 11) is 0. The van der Waals surface area contributed by atoms with Gasteiger partial charge in [-0.3, -0.25) is 9.59 Å². The molecule has 0 aromatic heterocycles. The van der Waals surface area contributed by atoms with Crippen molar-refractivity contribution in [1.29, 1.82) is 5.26 Å². The second-order valence-electron chi connectivity index (χ2n) is 8.88. The molecule has 2 aliphatic heterocycles. The first-order chi connectivity index (χ1) is 13.6. The number of hydrogen-bond acceptors (Lipinski definition) is 3. The molecule has 0 radical (unpaired) electrons. The van der Waals surface area contributed by atoms with Gasteiger partial charge in [0.05, 0.1) is 18.2 Å². The Morgan fingerprint density at radius 1 is 1.18 bits per heavy atom. The zero-order valence-electron chi connectivity index (χ0n) is 16.5. The Labute approximate surface area is 167 Å². The molecule has 5 nitrogen and oxygen atoms in total. The van der Waals surface area contributed by atoms with E-state index >= 15 is 0 Å². The molecule has 5 heteroatoms. The summed E-state index contributed by atoms with van der Waals surface area (Å²) < 4.78 is 0. The molecule has 1 aliphatic carbocycles. The molecule has 1 spiro atoms. The average Bonchev–Trinajstić information content (AvgIpc) is 3.02. The van der Waals surface area contributed by atoms with E-state index in [1.54, 1.807) is 0 Å². The van der Waals surface area contributed by atoms with Gasteiger partial charge < -0.3 is 9.80 Å². The molecule has 1 saturated carbocycles. The smallest absolute Gasteiger partial charge is 0.242 e. The molecule has 2 heterocycles. The van der Waals surface area contributed by atoms with Crippen LogP contribution in [-0.2, 0) is 9.59 Å². The number of carbonyl (C=O) groups is 2. The lowest BCUT2D eigenvalue weighted by Gasteiger charge is -2.34. The Morgan fingerprint density at radius 2 is 1.93 bits per heavy atom. The fourth-order valence-electron chi connectivity index (χ4n) is 5.35. The highest BCUT2D eigenvalue weighted by molar-refractivity contribution is 5.86. The van der Waals surface area contributed by atoms with Crippen molar-refractivity contribution in [2.24, 2.45) is 5.41 Å². The van der Waals surface area contributed by atoms with Crippen molar-refractivity contribution in [3.8, 4) is 6.07 Å². The number of amides is 2. The van der Waals surface area contributed by atoms with E-state index in [0.717, 1.165) is 45.3 Å². The predicted molar refractivity (Wildman–Crippen MR) is 106 cm³/mol. The Morgan fingerprint density at radius 3 is 2.64 bits per heavy atom. The van der Waals surface area contributed by atoms with Crippen LogP contribution in [0.15, 0.2) is 24.3 Å². The van der Waals surface area contributed by atoms with Gasteiger partial charge in [-0.1, -0.05) is 31.4 Å². The summed E-state index contributed by atoms with van der Waals surface area (Å²) in [6.45, 7) is 2.48. The standard InChI is InChI=1S/C23H29N3O2/c24-15-18-5-4-6-20(13-18)19-7-11-25(12-8-19)22(28)16-26-17-23(14-21(26)27)9-2-1-3-10-23/h4-6,13,19H,1-3,7-12,14,16-17H2. The molecule has 0 atom stereocenters. The largest absolute Gasteiger partial charge is 0.341 e. The summed E-state index contributed by atoms with van der Waals surface area (Å²) in [6, 6.07) is 10.0. The molecule has 4 rings (SSSR count). The Balaban J connectivity index is 1.31. The van der Waals surface area contributed by atoms with Gasteiger partial charge in [-0.25, -0.2) is 0 Å². The minimum Gasteiger partial charge on any atom is -0.341 e. The van der Waals surface area contributed by atoms with Crippen LogP contribution in [0, 0.1) is 16.7 Å². The lowest BCUT2D eigenvalue weighted by molar-refractivity contribution is -0.139. The molecule has 28 heavy (non-hydrogen) atoms. The van der Waals surface area contributed by atoms with E-state index in [1.807, 2.05) is 28.0 Å². The van der Waals surface area contributed by atoms with Crippen molar-refractivity contribution in [3.63, 3.8) is 0 Å². The molecule has 0 bridgehead atoms. The Kier molecular flexibility index (Phi) is 5.39. The Bertz CT molecular complexity index is 783. The third kappa shape index (κ3) is 3.92. The third-order valence-corrected chi connectivity index (χ3v) is 6.98. The van der Waals surface area contributed by atoms with Gasteiger partial charge in [0, 0.05) is 26.1 Å². The van der Waals surface area contributed by atoms with Crippen LogP contribution in [0.2, 0.25) is 0 Å². The first-order valence-electron chi connectivity index (χ1n) is 10.6. The topological polar surface area (TPSA) is 64.4 Å². The summed E-state index contributed by atoms with van der Waals surface area (Å²) in [5, 5.41) is 9.09.